The molecule has 3 aromatic rings. The molecule has 0 aliphatic heterocycles. The maximum absolute atomic E-state index is 12.8. The fourth-order valence-corrected chi connectivity index (χ4v) is 2.49. The molecular formula is C17H12ClFN2O2. The van der Waals surface area contributed by atoms with Gasteiger partial charge in [0, 0.05) is 18.1 Å². The molecular weight excluding hydrogens is 319 g/mol. The second kappa shape index (κ2) is 6.22. The predicted octanol–water partition coefficient (Wildman–Crippen LogP) is 3.25. The predicted molar refractivity (Wildman–Crippen MR) is 87.1 cm³/mol. The number of benzene rings is 2. The standard InChI is InChI=1S/C17H12ClFN2O2/c18-14-3-1-2-12-15(14)20-9-13(16(12)22)17(23)21-8-10-4-6-11(19)7-5-10/h1-7,9H,8H2,(H,20,22)(H,21,23). The Morgan fingerprint density at radius 1 is 1.17 bits per heavy atom. The topological polar surface area (TPSA) is 62.0 Å². The highest BCUT2D eigenvalue weighted by Gasteiger charge is 2.13. The van der Waals surface area contributed by atoms with Crippen molar-refractivity contribution in [1.29, 1.82) is 0 Å². The first-order valence-electron chi connectivity index (χ1n) is 6.89. The van der Waals surface area contributed by atoms with E-state index in [9.17, 15) is 14.0 Å². The van der Waals surface area contributed by atoms with Gasteiger partial charge in [0.25, 0.3) is 5.91 Å². The lowest BCUT2D eigenvalue weighted by Gasteiger charge is -2.07. The smallest absolute Gasteiger partial charge is 0.257 e. The summed E-state index contributed by atoms with van der Waals surface area (Å²) in [7, 11) is 0. The van der Waals surface area contributed by atoms with E-state index < -0.39 is 11.3 Å². The molecule has 0 saturated heterocycles. The van der Waals surface area contributed by atoms with Crippen LogP contribution in [0.25, 0.3) is 10.9 Å². The zero-order chi connectivity index (χ0) is 16.4. The number of carbonyl (C=O) groups excluding carboxylic acids is 1. The maximum atomic E-state index is 12.8. The molecule has 4 nitrogen and oxygen atoms in total. The molecule has 0 spiro atoms. The quantitative estimate of drug-likeness (QED) is 0.774. The summed E-state index contributed by atoms with van der Waals surface area (Å²) in [6.45, 7) is 0.201. The van der Waals surface area contributed by atoms with Gasteiger partial charge in [-0.25, -0.2) is 4.39 Å². The molecule has 23 heavy (non-hydrogen) atoms. The molecule has 6 heteroatoms. The van der Waals surface area contributed by atoms with Crippen LogP contribution in [0.15, 0.2) is 53.5 Å². The molecule has 0 bridgehead atoms. The van der Waals surface area contributed by atoms with Crippen LogP contribution in [-0.4, -0.2) is 10.9 Å². The zero-order valence-electron chi connectivity index (χ0n) is 11.9. The Balaban J connectivity index is 1.85. The van der Waals surface area contributed by atoms with E-state index in [1.165, 1.54) is 18.3 Å². The number of rotatable bonds is 3. The normalized spacial score (nSPS) is 10.7. The van der Waals surface area contributed by atoms with E-state index in [-0.39, 0.29) is 17.9 Å². The van der Waals surface area contributed by atoms with Gasteiger partial charge in [0.2, 0.25) is 5.43 Å². The average Bonchev–Trinajstić information content (AvgIpc) is 2.55. The van der Waals surface area contributed by atoms with Gasteiger partial charge in [-0.3, -0.25) is 9.59 Å². The van der Waals surface area contributed by atoms with Crippen molar-refractivity contribution in [3.63, 3.8) is 0 Å². The maximum Gasteiger partial charge on any atom is 0.257 e. The summed E-state index contributed by atoms with van der Waals surface area (Å²) in [5, 5.41) is 3.41. The SMILES string of the molecule is O=C(NCc1ccc(F)cc1)c1c[nH]c2c(Cl)cccc2c1=O. The van der Waals surface area contributed by atoms with Crippen LogP contribution in [-0.2, 0) is 6.54 Å². The number of amides is 1. The summed E-state index contributed by atoms with van der Waals surface area (Å²) >= 11 is 6.01. The van der Waals surface area contributed by atoms with Gasteiger partial charge in [-0.1, -0.05) is 29.8 Å². The van der Waals surface area contributed by atoms with E-state index in [4.69, 9.17) is 11.6 Å². The third kappa shape index (κ3) is 3.10. The Bertz CT molecular complexity index is 935. The summed E-state index contributed by atoms with van der Waals surface area (Å²) in [6.07, 6.45) is 1.34. The van der Waals surface area contributed by atoms with Gasteiger partial charge in [-0.2, -0.15) is 0 Å². The average molecular weight is 331 g/mol. The van der Waals surface area contributed by atoms with Gasteiger partial charge in [0.1, 0.15) is 11.4 Å². The van der Waals surface area contributed by atoms with Crippen LogP contribution in [0.4, 0.5) is 4.39 Å². The Kier molecular flexibility index (Phi) is 4.12. The van der Waals surface area contributed by atoms with Crippen LogP contribution >= 0.6 is 11.6 Å². The van der Waals surface area contributed by atoms with Crippen molar-refractivity contribution in [2.45, 2.75) is 6.54 Å². The van der Waals surface area contributed by atoms with E-state index >= 15 is 0 Å². The van der Waals surface area contributed by atoms with E-state index in [1.54, 1.807) is 30.3 Å². The van der Waals surface area contributed by atoms with Crippen molar-refractivity contribution in [3.8, 4) is 0 Å². The Morgan fingerprint density at radius 2 is 1.91 bits per heavy atom. The molecule has 0 aliphatic rings. The lowest BCUT2D eigenvalue weighted by molar-refractivity contribution is 0.0949. The molecule has 2 aromatic carbocycles. The summed E-state index contributed by atoms with van der Waals surface area (Å²) < 4.78 is 12.8. The van der Waals surface area contributed by atoms with Crippen LogP contribution in [0, 0.1) is 5.82 Å². The highest BCUT2D eigenvalue weighted by Crippen LogP contribution is 2.18. The molecule has 0 unspecified atom stereocenters. The Labute approximate surface area is 135 Å². The molecule has 1 heterocycles. The number of carbonyl (C=O) groups is 1. The first-order valence-corrected chi connectivity index (χ1v) is 7.26. The second-order valence-electron chi connectivity index (χ2n) is 5.00. The molecule has 0 aliphatic carbocycles. The Hall–Kier alpha value is -2.66. The van der Waals surface area contributed by atoms with E-state index in [1.807, 2.05) is 0 Å². The first-order chi connectivity index (χ1) is 11.1. The minimum absolute atomic E-state index is 0.00174. The van der Waals surface area contributed by atoms with Gasteiger partial charge in [0.15, 0.2) is 0 Å². The van der Waals surface area contributed by atoms with Crippen molar-refractivity contribution in [2.24, 2.45) is 0 Å². The number of halogens is 2. The van der Waals surface area contributed by atoms with E-state index in [0.29, 0.717) is 15.9 Å². The largest absolute Gasteiger partial charge is 0.359 e. The van der Waals surface area contributed by atoms with Crippen molar-refractivity contribution in [2.75, 3.05) is 0 Å². The number of nitrogens with one attached hydrogen (secondary N) is 2. The summed E-state index contributed by atoms with van der Waals surface area (Å²) in [4.78, 5) is 27.5. The number of para-hydroxylation sites is 1. The monoisotopic (exact) mass is 330 g/mol. The van der Waals surface area contributed by atoms with Gasteiger partial charge in [-0.05, 0) is 29.8 Å². The fraction of sp³-hybridized carbons (Fsp3) is 0.0588. The third-order valence-corrected chi connectivity index (χ3v) is 3.79. The van der Waals surface area contributed by atoms with E-state index in [0.717, 1.165) is 5.56 Å². The molecule has 2 N–H and O–H groups in total. The number of aromatic amines is 1. The first kappa shape index (κ1) is 15.2. The fourth-order valence-electron chi connectivity index (χ4n) is 2.26. The summed E-state index contributed by atoms with van der Waals surface area (Å²) in [6, 6.07) is 10.7. The van der Waals surface area contributed by atoms with Gasteiger partial charge in [-0.15, -0.1) is 0 Å². The molecule has 1 aromatic heterocycles. The lowest BCUT2D eigenvalue weighted by atomic mass is 10.1. The minimum Gasteiger partial charge on any atom is -0.359 e. The molecule has 3 rings (SSSR count). The second-order valence-corrected chi connectivity index (χ2v) is 5.41. The molecule has 0 radical (unpaired) electrons. The number of aromatic nitrogens is 1. The van der Waals surface area contributed by atoms with Gasteiger partial charge < -0.3 is 10.3 Å². The minimum atomic E-state index is -0.502. The Morgan fingerprint density at radius 3 is 2.65 bits per heavy atom. The van der Waals surface area contributed by atoms with Crippen LogP contribution in [0.3, 0.4) is 0 Å². The molecule has 0 fully saturated rings. The van der Waals surface area contributed by atoms with Crippen LogP contribution in [0.1, 0.15) is 15.9 Å². The summed E-state index contributed by atoms with van der Waals surface area (Å²) in [5.74, 6) is -0.847. The number of H-pyrrole nitrogens is 1. The van der Waals surface area contributed by atoms with E-state index in [2.05, 4.69) is 10.3 Å². The highest BCUT2D eigenvalue weighted by molar-refractivity contribution is 6.35. The lowest BCUT2D eigenvalue weighted by Crippen LogP contribution is -2.28. The number of pyridine rings is 1. The molecule has 0 atom stereocenters. The van der Waals surface area contributed by atoms with Crippen molar-refractivity contribution >= 4 is 28.4 Å². The summed E-state index contributed by atoms with van der Waals surface area (Å²) in [5.41, 5.74) is 0.842. The zero-order valence-corrected chi connectivity index (χ0v) is 12.7. The number of fused-ring (bicyclic) bond motifs is 1. The van der Waals surface area contributed by atoms with Crippen LogP contribution in [0.2, 0.25) is 5.02 Å². The van der Waals surface area contributed by atoms with Crippen molar-refractivity contribution in [3.05, 3.63) is 80.9 Å². The van der Waals surface area contributed by atoms with Crippen LogP contribution < -0.4 is 10.7 Å². The van der Waals surface area contributed by atoms with Crippen molar-refractivity contribution in [1.82, 2.24) is 10.3 Å². The number of hydrogen-bond acceptors (Lipinski definition) is 2. The van der Waals surface area contributed by atoms with Gasteiger partial charge >= 0.3 is 0 Å². The van der Waals surface area contributed by atoms with Gasteiger partial charge in [0.05, 0.1) is 10.5 Å². The molecule has 1 amide bonds. The number of hydrogen-bond donors (Lipinski definition) is 2. The molecule has 116 valence electrons. The van der Waals surface area contributed by atoms with Crippen LogP contribution in [0.5, 0.6) is 0 Å². The van der Waals surface area contributed by atoms with Crippen molar-refractivity contribution < 1.29 is 9.18 Å². The highest BCUT2D eigenvalue weighted by atomic mass is 35.5. The third-order valence-electron chi connectivity index (χ3n) is 3.47. The molecule has 0 saturated carbocycles.